The zero-order chi connectivity index (χ0) is 12.8. The van der Waals surface area contributed by atoms with E-state index in [0.717, 1.165) is 11.1 Å². The van der Waals surface area contributed by atoms with E-state index in [2.05, 4.69) is 10.2 Å². The molecule has 0 saturated heterocycles. The van der Waals surface area contributed by atoms with Gasteiger partial charge in [-0.2, -0.15) is 5.10 Å². The number of hydrogen-bond acceptors (Lipinski definition) is 3. The number of nitrogens with zero attached hydrogens (tertiary/aromatic N) is 2. The number of carbonyl (C=O) groups excluding carboxylic acids is 1. The van der Waals surface area contributed by atoms with Crippen LogP contribution in [-0.4, -0.2) is 28.2 Å². The minimum absolute atomic E-state index is 0.287. The first-order chi connectivity index (χ1) is 8.75. The van der Waals surface area contributed by atoms with Crippen molar-refractivity contribution in [3.63, 3.8) is 0 Å². The zero-order valence-electron chi connectivity index (χ0n) is 10.2. The molecule has 0 bridgehead atoms. The van der Waals surface area contributed by atoms with Crippen molar-refractivity contribution in [1.82, 2.24) is 15.1 Å². The number of aromatic amines is 1. The Kier molecular flexibility index (Phi) is 3.96. The first kappa shape index (κ1) is 12.2. The highest BCUT2D eigenvalue weighted by atomic mass is 16.6. The molecular formula is C13H15N3O2. The quantitative estimate of drug-likeness (QED) is 0.898. The van der Waals surface area contributed by atoms with Crippen LogP contribution in [0.15, 0.2) is 42.7 Å². The third kappa shape index (κ3) is 3.35. The highest BCUT2D eigenvalue weighted by Gasteiger charge is 2.10. The fourth-order valence-corrected chi connectivity index (χ4v) is 1.53. The third-order valence-corrected chi connectivity index (χ3v) is 2.49. The molecule has 0 fully saturated rings. The highest BCUT2D eigenvalue weighted by molar-refractivity contribution is 5.67. The largest absolute Gasteiger partial charge is 0.445 e. The third-order valence-electron chi connectivity index (χ3n) is 2.49. The van der Waals surface area contributed by atoms with Crippen molar-refractivity contribution in [2.75, 3.05) is 7.05 Å². The van der Waals surface area contributed by atoms with E-state index < -0.39 is 0 Å². The topological polar surface area (TPSA) is 58.2 Å². The Morgan fingerprint density at radius 3 is 2.78 bits per heavy atom. The van der Waals surface area contributed by atoms with Crippen molar-refractivity contribution in [3.8, 4) is 0 Å². The molecule has 0 unspecified atom stereocenters. The predicted octanol–water partition coefficient (Wildman–Crippen LogP) is 2.18. The number of H-pyrrole nitrogens is 1. The summed E-state index contributed by atoms with van der Waals surface area (Å²) in [5.74, 6) is 0. The molecule has 0 aliphatic rings. The van der Waals surface area contributed by atoms with Gasteiger partial charge in [-0.3, -0.25) is 5.10 Å². The Morgan fingerprint density at radius 1 is 1.33 bits per heavy atom. The molecular weight excluding hydrogens is 230 g/mol. The number of carbonyl (C=O) groups is 1. The lowest BCUT2D eigenvalue weighted by molar-refractivity contribution is 0.103. The number of aromatic nitrogens is 2. The predicted molar refractivity (Wildman–Crippen MR) is 66.7 cm³/mol. The molecule has 0 atom stereocenters. The van der Waals surface area contributed by atoms with Crippen molar-refractivity contribution in [3.05, 3.63) is 53.9 Å². The Morgan fingerprint density at radius 2 is 2.11 bits per heavy atom. The number of amides is 1. The second-order valence-electron chi connectivity index (χ2n) is 4.00. The van der Waals surface area contributed by atoms with Crippen LogP contribution in [0.25, 0.3) is 0 Å². The number of nitrogens with one attached hydrogen (secondary N) is 1. The SMILES string of the molecule is CN(Cc1cn[nH]c1)C(=O)OCc1ccccc1. The maximum atomic E-state index is 11.7. The van der Waals surface area contributed by atoms with E-state index >= 15 is 0 Å². The van der Waals surface area contributed by atoms with E-state index in [-0.39, 0.29) is 12.7 Å². The van der Waals surface area contributed by atoms with Gasteiger partial charge in [-0.15, -0.1) is 0 Å². The summed E-state index contributed by atoms with van der Waals surface area (Å²) < 4.78 is 5.20. The standard InChI is InChI=1S/C13H15N3O2/c1-16(9-12-7-14-15-8-12)13(17)18-10-11-5-3-2-4-6-11/h2-8H,9-10H2,1H3,(H,14,15). The van der Waals surface area contributed by atoms with Crippen molar-refractivity contribution < 1.29 is 9.53 Å². The lowest BCUT2D eigenvalue weighted by Crippen LogP contribution is -2.26. The second-order valence-corrected chi connectivity index (χ2v) is 4.00. The fraction of sp³-hybridized carbons (Fsp3) is 0.231. The molecule has 18 heavy (non-hydrogen) atoms. The Hall–Kier alpha value is -2.30. The van der Waals surface area contributed by atoms with Crippen LogP contribution in [-0.2, 0) is 17.9 Å². The number of benzene rings is 1. The molecule has 1 aromatic carbocycles. The highest BCUT2D eigenvalue weighted by Crippen LogP contribution is 2.05. The fourth-order valence-electron chi connectivity index (χ4n) is 1.53. The van der Waals surface area contributed by atoms with Gasteiger partial charge in [-0.25, -0.2) is 4.79 Å². The van der Waals surface area contributed by atoms with E-state index in [1.807, 2.05) is 30.3 Å². The maximum Gasteiger partial charge on any atom is 0.410 e. The van der Waals surface area contributed by atoms with E-state index in [0.29, 0.717) is 6.54 Å². The molecule has 0 aliphatic heterocycles. The van der Waals surface area contributed by atoms with Gasteiger partial charge in [0.2, 0.25) is 0 Å². The van der Waals surface area contributed by atoms with Crippen LogP contribution in [0.2, 0.25) is 0 Å². The molecule has 1 heterocycles. The molecule has 1 N–H and O–H groups in total. The summed E-state index contributed by atoms with van der Waals surface area (Å²) in [5.41, 5.74) is 1.91. The van der Waals surface area contributed by atoms with Crippen molar-refractivity contribution >= 4 is 6.09 Å². The molecule has 0 radical (unpaired) electrons. The number of ether oxygens (including phenoxy) is 1. The molecule has 0 aliphatic carbocycles. The van der Waals surface area contributed by atoms with Crippen molar-refractivity contribution in [2.24, 2.45) is 0 Å². The van der Waals surface area contributed by atoms with Crippen LogP contribution < -0.4 is 0 Å². The van der Waals surface area contributed by atoms with Crippen LogP contribution in [0.5, 0.6) is 0 Å². The van der Waals surface area contributed by atoms with Crippen molar-refractivity contribution in [1.29, 1.82) is 0 Å². The molecule has 2 aromatic rings. The Balaban J connectivity index is 1.81. The van der Waals surface area contributed by atoms with E-state index in [4.69, 9.17) is 4.74 Å². The normalized spacial score (nSPS) is 10.1. The summed E-state index contributed by atoms with van der Waals surface area (Å²) in [4.78, 5) is 13.2. The van der Waals surface area contributed by atoms with E-state index in [9.17, 15) is 4.79 Å². The molecule has 5 nitrogen and oxygen atoms in total. The van der Waals surface area contributed by atoms with E-state index in [1.165, 1.54) is 4.90 Å². The van der Waals surface area contributed by atoms with Gasteiger partial charge in [0.15, 0.2) is 0 Å². The Labute approximate surface area is 105 Å². The van der Waals surface area contributed by atoms with E-state index in [1.54, 1.807) is 19.4 Å². The van der Waals surface area contributed by atoms with Crippen LogP contribution in [0.1, 0.15) is 11.1 Å². The smallest absolute Gasteiger partial charge is 0.410 e. The lowest BCUT2D eigenvalue weighted by Gasteiger charge is -2.15. The molecule has 1 amide bonds. The summed E-state index contributed by atoms with van der Waals surface area (Å²) >= 11 is 0. The number of rotatable bonds is 4. The first-order valence-electron chi connectivity index (χ1n) is 5.65. The minimum atomic E-state index is -0.347. The lowest BCUT2D eigenvalue weighted by atomic mass is 10.2. The van der Waals surface area contributed by atoms with Gasteiger partial charge in [0.05, 0.1) is 12.7 Å². The zero-order valence-corrected chi connectivity index (χ0v) is 10.2. The molecule has 0 saturated carbocycles. The molecule has 94 valence electrons. The molecule has 5 heteroatoms. The van der Waals surface area contributed by atoms with Gasteiger partial charge in [0.1, 0.15) is 6.61 Å². The van der Waals surface area contributed by atoms with Crippen LogP contribution in [0.4, 0.5) is 4.79 Å². The minimum Gasteiger partial charge on any atom is -0.445 e. The molecule has 0 spiro atoms. The van der Waals surface area contributed by atoms with Gasteiger partial charge in [-0.05, 0) is 5.56 Å². The second kappa shape index (κ2) is 5.86. The average Bonchev–Trinajstić information content (AvgIpc) is 2.90. The summed E-state index contributed by atoms with van der Waals surface area (Å²) in [6.07, 6.45) is 3.09. The van der Waals surface area contributed by atoms with Gasteiger partial charge < -0.3 is 9.64 Å². The van der Waals surface area contributed by atoms with Gasteiger partial charge in [-0.1, -0.05) is 30.3 Å². The van der Waals surface area contributed by atoms with Gasteiger partial charge in [0.25, 0.3) is 0 Å². The molecule has 1 aromatic heterocycles. The van der Waals surface area contributed by atoms with Crippen LogP contribution in [0.3, 0.4) is 0 Å². The summed E-state index contributed by atoms with van der Waals surface area (Å²) in [6.45, 7) is 0.763. The van der Waals surface area contributed by atoms with Crippen LogP contribution >= 0.6 is 0 Å². The summed E-state index contributed by atoms with van der Waals surface area (Å²) in [6, 6.07) is 9.60. The van der Waals surface area contributed by atoms with Crippen molar-refractivity contribution in [2.45, 2.75) is 13.2 Å². The summed E-state index contributed by atoms with van der Waals surface area (Å²) in [7, 11) is 1.69. The average molecular weight is 245 g/mol. The summed E-state index contributed by atoms with van der Waals surface area (Å²) in [5, 5.41) is 6.53. The van der Waals surface area contributed by atoms with Crippen LogP contribution in [0, 0.1) is 0 Å². The van der Waals surface area contributed by atoms with Gasteiger partial charge >= 0.3 is 6.09 Å². The monoisotopic (exact) mass is 245 g/mol. The maximum absolute atomic E-state index is 11.7. The molecule has 2 rings (SSSR count). The number of hydrogen-bond donors (Lipinski definition) is 1. The van der Waals surface area contributed by atoms with Gasteiger partial charge in [0, 0.05) is 18.8 Å². The Bertz CT molecular complexity index is 482. The first-order valence-corrected chi connectivity index (χ1v) is 5.65.